The van der Waals surface area contributed by atoms with E-state index >= 15 is 0 Å². The number of aliphatic carboxylic acids is 2. The molecular formula is C36H51N5O16. The minimum atomic E-state index is -1.82. The molecule has 3 unspecified atom stereocenters. The van der Waals surface area contributed by atoms with Crippen LogP contribution in [0, 0.1) is 37.5 Å². The van der Waals surface area contributed by atoms with Gasteiger partial charge in [-0.25, -0.2) is 9.59 Å². The Labute approximate surface area is 328 Å². The number of carbonyl (C=O) groups is 3. The lowest BCUT2D eigenvalue weighted by Crippen LogP contribution is -2.59. The SMILES string of the molecule is COCC(=O)NC1C(O[N+](=O)[O-])CC(Oc2ccccc2CCN(C)CCCC(C#N)(c2ccc(OC)c(OC)c2)C(C)C)CC1O[N+](=O)[O-].O.O=C(O)C(=O)O. The lowest BCUT2D eigenvalue weighted by atomic mass is 9.69. The number of nitrogens with zero attached hydrogens (tertiary/aromatic N) is 4. The predicted octanol–water partition coefficient (Wildman–Crippen LogP) is 2.23. The van der Waals surface area contributed by atoms with E-state index < -0.39 is 57.8 Å². The molecule has 316 valence electrons. The molecule has 1 aliphatic carbocycles. The van der Waals surface area contributed by atoms with E-state index in [1.807, 2.05) is 51.2 Å². The van der Waals surface area contributed by atoms with Crippen LogP contribution in [0.15, 0.2) is 42.5 Å². The Kier molecular flexibility index (Phi) is 20.5. The molecule has 0 aromatic heterocycles. The van der Waals surface area contributed by atoms with Crippen molar-refractivity contribution in [3.63, 3.8) is 0 Å². The Morgan fingerprint density at radius 3 is 2.02 bits per heavy atom. The van der Waals surface area contributed by atoms with Crippen LogP contribution in [-0.4, -0.2) is 121 Å². The number of likely N-dealkylation sites (N-methyl/N-ethyl adjacent to an activating group) is 1. The van der Waals surface area contributed by atoms with Gasteiger partial charge in [-0.3, -0.25) is 4.79 Å². The number of hydrogen-bond donors (Lipinski definition) is 3. The molecule has 2 aromatic carbocycles. The summed E-state index contributed by atoms with van der Waals surface area (Å²) in [6, 6.07) is 14.4. The number of carboxylic acids is 2. The largest absolute Gasteiger partial charge is 0.493 e. The summed E-state index contributed by atoms with van der Waals surface area (Å²) in [6.45, 7) is 5.12. The van der Waals surface area contributed by atoms with Crippen LogP contribution >= 0.6 is 0 Å². The lowest BCUT2D eigenvalue weighted by Gasteiger charge is -2.39. The fraction of sp³-hybridized carbons (Fsp3) is 0.556. The quantitative estimate of drug-likeness (QED) is 0.0981. The van der Waals surface area contributed by atoms with Crippen molar-refractivity contribution in [1.82, 2.24) is 10.2 Å². The molecule has 2 aromatic rings. The molecule has 57 heavy (non-hydrogen) atoms. The average molecular weight is 810 g/mol. The Bertz CT molecular complexity index is 1650. The second-order valence-electron chi connectivity index (χ2n) is 13.2. The van der Waals surface area contributed by atoms with Gasteiger partial charge in [-0.05, 0) is 68.1 Å². The van der Waals surface area contributed by atoms with Gasteiger partial charge in [0.25, 0.3) is 10.2 Å². The monoisotopic (exact) mass is 809 g/mol. The predicted molar refractivity (Wildman–Crippen MR) is 199 cm³/mol. The Balaban J connectivity index is 0.00000215. The van der Waals surface area contributed by atoms with E-state index in [1.54, 1.807) is 26.4 Å². The topological polar surface area (TPSA) is 304 Å². The van der Waals surface area contributed by atoms with Crippen LogP contribution in [0.3, 0.4) is 0 Å². The third-order valence-corrected chi connectivity index (χ3v) is 9.24. The van der Waals surface area contributed by atoms with Crippen LogP contribution < -0.4 is 19.5 Å². The van der Waals surface area contributed by atoms with E-state index in [1.165, 1.54) is 7.11 Å². The van der Waals surface area contributed by atoms with Crippen molar-refractivity contribution in [1.29, 1.82) is 5.26 Å². The maximum absolute atomic E-state index is 12.2. The number of para-hydroxylation sites is 1. The summed E-state index contributed by atoms with van der Waals surface area (Å²) in [5, 5.41) is 48.3. The summed E-state index contributed by atoms with van der Waals surface area (Å²) in [5.74, 6) is -2.54. The molecule has 1 amide bonds. The fourth-order valence-corrected chi connectivity index (χ4v) is 6.41. The molecule has 21 heteroatoms. The summed E-state index contributed by atoms with van der Waals surface area (Å²) in [4.78, 5) is 65.0. The number of amides is 1. The summed E-state index contributed by atoms with van der Waals surface area (Å²) >= 11 is 0. The summed E-state index contributed by atoms with van der Waals surface area (Å²) < 4.78 is 22.0. The van der Waals surface area contributed by atoms with E-state index in [-0.39, 0.29) is 30.8 Å². The van der Waals surface area contributed by atoms with Crippen LogP contribution in [0.5, 0.6) is 17.2 Å². The second-order valence-corrected chi connectivity index (χ2v) is 13.2. The third kappa shape index (κ3) is 14.9. The normalized spacial score (nSPS) is 18.2. The van der Waals surface area contributed by atoms with E-state index in [9.17, 15) is 30.3 Å². The van der Waals surface area contributed by atoms with Gasteiger partial charge < -0.3 is 54.5 Å². The molecule has 0 saturated heterocycles. The number of carboxylic acid groups (broad SMARTS) is 2. The van der Waals surface area contributed by atoms with Crippen LogP contribution in [-0.2, 0) is 40.6 Å². The van der Waals surface area contributed by atoms with E-state index in [0.717, 1.165) is 24.1 Å². The summed E-state index contributed by atoms with van der Waals surface area (Å²) in [5.41, 5.74) is 1.02. The number of hydrogen-bond acceptors (Lipinski definition) is 15. The minimum absolute atomic E-state index is 0. The van der Waals surface area contributed by atoms with Gasteiger partial charge in [-0.15, -0.1) is 20.2 Å². The first-order valence-electron chi connectivity index (χ1n) is 17.4. The fourth-order valence-electron chi connectivity index (χ4n) is 6.41. The highest BCUT2D eigenvalue weighted by Gasteiger charge is 2.44. The smallest absolute Gasteiger partial charge is 0.414 e. The van der Waals surface area contributed by atoms with Gasteiger partial charge in [0.1, 0.15) is 30.7 Å². The first-order chi connectivity index (χ1) is 26.5. The Morgan fingerprint density at radius 1 is 0.947 bits per heavy atom. The van der Waals surface area contributed by atoms with Crippen LogP contribution in [0.25, 0.3) is 0 Å². The van der Waals surface area contributed by atoms with Gasteiger partial charge in [-0.2, -0.15) is 5.26 Å². The molecule has 0 aliphatic heterocycles. The van der Waals surface area contributed by atoms with Crippen LogP contribution in [0.1, 0.15) is 50.7 Å². The lowest BCUT2D eigenvalue weighted by molar-refractivity contribution is -0.782. The van der Waals surface area contributed by atoms with Crippen molar-refractivity contribution in [3.05, 3.63) is 73.8 Å². The number of rotatable bonds is 20. The molecule has 3 rings (SSSR count). The van der Waals surface area contributed by atoms with Gasteiger partial charge in [0.15, 0.2) is 11.5 Å². The van der Waals surface area contributed by atoms with Gasteiger partial charge in [0.2, 0.25) is 5.91 Å². The molecule has 0 spiro atoms. The summed E-state index contributed by atoms with van der Waals surface area (Å²) in [6.07, 6.45) is -1.41. The van der Waals surface area contributed by atoms with Crippen molar-refractivity contribution in [3.8, 4) is 23.3 Å². The van der Waals surface area contributed by atoms with Crippen LogP contribution in [0.2, 0.25) is 0 Å². The number of carbonyl (C=O) groups excluding carboxylic acids is 1. The summed E-state index contributed by atoms with van der Waals surface area (Å²) in [7, 11) is 6.44. The zero-order chi connectivity index (χ0) is 42.0. The van der Waals surface area contributed by atoms with Crippen molar-refractivity contribution in [2.45, 2.75) is 75.7 Å². The number of ether oxygens (including phenoxy) is 4. The molecule has 3 atom stereocenters. The first kappa shape index (κ1) is 49.0. The molecule has 5 N–H and O–H groups in total. The molecule has 1 aliphatic rings. The Hall–Kier alpha value is -5.98. The highest BCUT2D eigenvalue weighted by atomic mass is 17.0. The van der Waals surface area contributed by atoms with Crippen molar-refractivity contribution in [2.75, 3.05) is 48.1 Å². The highest BCUT2D eigenvalue weighted by Crippen LogP contribution is 2.40. The van der Waals surface area contributed by atoms with Crippen LogP contribution in [0.4, 0.5) is 0 Å². The number of methoxy groups -OCH3 is 3. The van der Waals surface area contributed by atoms with Gasteiger partial charge in [0.05, 0.1) is 31.7 Å². The van der Waals surface area contributed by atoms with Gasteiger partial charge in [0, 0.05) is 26.5 Å². The third-order valence-electron chi connectivity index (χ3n) is 9.24. The van der Waals surface area contributed by atoms with Crippen molar-refractivity contribution < 1.29 is 68.9 Å². The van der Waals surface area contributed by atoms with Gasteiger partial charge in [-0.1, -0.05) is 38.1 Å². The number of benzene rings is 2. The zero-order valence-corrected chi connectivity index (χ0v) is 32.6. The molecule has 0 heterocycles. The van der Waals surface area contributed by atoms with Gasteiger partial charge >= 0.3 is 11.9 Å². The van der Waals surface area contributed by atoms with E-state index in [4.69, 9.17) is 48.4 Å². The number of nitriles is 1. The van der Waals surface area contributed by atoms with Crippen molar-refractivity contribution in [2.24, 2.45) is 5.92 Å². The van der Waals surface area contributed by atoms with Crippen molar-refractivity contribution >= 4 is 17.8 Å². The molecule has 1 saturated carbocycles. The molecular weight excluding hydrogens is 758 g/mol. The molecule has 0 bridgehead atoms. The first-order valence-corrected chi connectivity index (χ1v) is 17.4. The zero-order valence-electron chi connectivity index (χ0n) is 32.6. The standard InChI is InChI=1S/C34H47N5O11.C2H2O4.H2O/c1-23(2)34(22-35,25-12-13-28(46-5)29(18-25)47-6)15-9-16-37(3)17-14-24-10-7-8-11-27(24)48-26-19-30(49-38(41)42)33(36-32(40)21-45-4)31(20-26)50-39(43)44;3-1(4)2(5)6;/h7-8,10-13,18,23,26,30-31,33H,9,14-17,19-21H2,1-6H3,(H,36,40);(H,3,4)(H,5,6);1H2. The Morgan fingerprint density at radius 2 is 1.53 bits per heavy atom. The molecule has 0 radical (unpaired) electrons. The molecule has 1 fully saturated rings. The number of nitrogens with one attached hydrogen (secondary N) is 1. The maximum Gasteiger partial charge on any atom is 0.414 e. The average Bonchev–Trinajstić information content (AvgIpc) is 3.14. The molecule has 21 nitrogen and oxygen atoms in total. The maximum atomic E-state index is 12.2. The second kappa shape index (κ2) is 23.8. The van der Waals surface area contributed by atoms with E-state index in [2.05, 4.69) is 16.3 Å². The van der Waals surface area contributed by atoms with E-state index in [0.29, 0.717) is 36.6 Å². The highest BCUT2D eigenvalue weighted by molar-refractivity contribution is 6.27. The minimum Gasteiger partial charge on any atom is -0.493 e.